The van der Waals surface area contributed by atoms with Gasteiger partial charge in [-0.15, -0.1) is 0 Å². The summed E-state index contributed by atoms with van der Waals surface area (Å²) >= 11 is 0. The highest BCUT2D eigenvalue weighted by molar-refractivity contribution is 5.92. The first-order chi connectivity index (χ1) is 11.6. The highest BCUT2D eigenvalue weighted by Crippen LogP contribution is 2.20. The molecule has 1 aromatic heterocycles. The number of amides is 1. The van der Waals surface area contributed by atoms with Crippen LogP contribution in [0.5, 0.6) is 0 Å². The second kappa shape index (κ2) is 9.40. The zero-order chi connectivity index (χ0) is 17.4. The van der Waals surface area contributed by atoms with E-state index in [0.717, 1.165) is 38.2 Å². The number of aromatic nitrogens is 2. The maximum Gasteiger partial charge on any atom is 0.272 e. The number of hydrogen-bond donors (Lipinski definition) is 1. The fraction of sp³-hybridized carbons (Fsp3) is 0.632. The molecule has 24 heavy (non-hydrogen) atoms. The molecule has 1 aliphatic rings. The van der Waals surface area contributed by atoms with Crippen LogP contribution in [0.4, 0.5) is 5.82 Å². The molecular weight excluding hydrogens is 300 g/mol. The Labute approximate surface area is 145 Å². The van der Waals surface area contributed by atoms with Crippen LogP contribution < -0.4 is 5.32 Å². The molecule has 1 heterocycles. The number of carbonyl (C=O) groups excluding carboxylic acids is 1. The first-order valence-electron chi connectivity index (χ1n) is 9.13. The summed E-state index contributed by atoms with van der Waals surface area (Å²) in [6, 6.07) is 1.77. The van der Waals surface area contributed by atoms with Crippen molar-refractivity contribution >= 4 is 11.7 Å². The molecule has 0 aromatic carbocycles. The van der Waals surface area contributed by atoms with Gasteiger partial charge in [0.25, 0.3) is 5.91 Å². The zero-order valence-electron chi connectivity index (χ0n) is 15.3. The number of aryl methyl sites for hydroxylation is 1. The minimum absolute atomic E-state index is 0.0352. The monoisotopic (exact) mass is 330 g/mol. The first-order valence-corrected chi connectivity index (χ1v) is 9.13. The summed E-state index contributed by atoms with van der Waals surface area (Å²) in [6.45, 7) is 5.56. The SMILES string of the molecule is CCCCN(C)C(=O)c1cc(NCCC2=CCCCC2)nc(C)n1. The van der Waals surface area contributed by atoms with Gasteiger partial charge in [-0.3, -0.25) is 4.79 Å². The van der Waals surface area contributed by atoms with Crippen LogP contribution >= 0.6 is 0 Å². The summed E-state index contributed by atoms with van der Waals surface area (Å²) in [5.74, 6) is 1.34. The number of anilines is 1. The van der Waals surface area contributed by atoms with Gasteiger partial charge in [0.2, 0.25) is 0 Å². The number of allylic oxidation sites excluding steroid dienone is 1. The fourth-order valence-corrected chi connectivity index (χ4v) is 2.94. The van der Waals surface area contributed by atoms with E-state index in [4.69, 9.17) is 0 Å². The Balaban J connectivity index is 1.94. The number of carbonyl (C=O) groups is 1. The fourth-order valence-electron chi connectivity index (χ4n) is 2.94. The van der Waals surface area contributed by atoms with Gasteiger partial charge in [0, 0.05) is 26.2 Å². The number of hydrogen-bond acceptors (Lipinski definition) is 4. The minimum atomic E-state index is -0.0352. The van der Waals surface area contributed by atoms with E-state index in [9.17, 15) is 4.79 Å². The molecule has 5 heteroatoms. The summed E-state index contributed by atoms with van der Waals surface area (Å²) in [5.41, 5.74) is 2.01. The molecule has 1 N–H and O–H groups in total. The molecule has 0 spiro atoms. The summed E-state index contributed by atoms with van der Waals surface area (Å²) < 4.78 is 0. The van der Waals surface area contributed by atoms with Crippen LogP contribution in [0.25, 0.3) is 0 Å². The molecule has 0 saturated carbocycles. The normalized spacial score (nSPS) is 14.2. The van der Waals surface area contributed by atoms with E-state index in [1.54, 1.807) is 11.0 Å². The van der Waals surface area contributed by atoms with Crippen LogP contribution in [0.15, 0.2) is 17.7 Å². The lowest BCUT2D eigenvalue weighted by molar-refractivity contribution is 0.0787. The summed E-state index contributed by atoms with van der Waals surface area (Å²) in [7, 11) is 1.83. The number of rotatable bonds is 8. The third-order valence-electron chi connectivity index (χ3n) is 4.39. The topological polar surface area (TPSA) is 58.1 Å². The van der Waals surface area contributed by atoms with E-state index in [1.807, 2.05) is 14.0 Å². The second-order valence-electron chi connectivity index (χ2n) is 6.55. The molecule has 1 amide bonds. The van der Waals surface area contributed by atoms with Gasteiger partial charge < -0.3 is 10.2 Å². The van der Waals surface area contributed by atoms with Gasteiger partial charge >= 0.3 is 0 Å². The van der Waals surface area contributed by atoms with Crippen molar-refractivity contribution < 1.29 is 4.79 Å². The molecule has 0 saturated heterocycles. The Morgan fingerprint density at radius 3 is 2.88 bits per heavy atom. The summed E-state index contributed by atoms with van der Waals surface area (Å²) in [5, 5.41) is 3.35. The quantitative estimate of drug-likeness (QED) is 0.733. The maximum absolute atomic E-state index is 12.5. The first kappa shape index (κ1) is 18.4. The minimum Gasteiger partial charge on any atom is -0.370 e. The third-order valence-corrected chi connectivity index (χ3v) is 4.39. The number of nitrogens with zero attached hydrogens (tertiary/aromatic N) is 3. The lowest BCUT2D eigenvalue weighted by Crippen LogP contribution is -2.28. The summed E-state index contributed by atoms with van der Waals surface area (Å²) in [4.78, 5) is 22.9. The average molecular weight is 330 g/mol. The van der Waals surface area contributed by atoms with Crippen LogP contribution in [0.3, 0.4) is 0 Å². The predicted octanol–water partition coefficient (Wildman–Crippen LogP) is 3.96. The lowest BCUT2D eigenvalue weighted by Gasteiger charge is -2.17. The van der Waals surface area contributed by atoms with Crippen molar-refractivity contribution in [1.29, 1.82) is 0 Å². The van der Waals surface area contributed by atoms with E-state index in [-0.39, 0.29) is 5.91 Å². The lowest BCUT2D eigenvalue weighted by atomic mass is 9.97. The van der Waals surface area contributed by atoms with Crippen LogP contribution in [0.1, 0.15) is 68.2 Å². The van der Waals surface area contributed by atoms with E-state index in [0.29, 0.717) is 11.5 Å². The van der Waals surface area contributed by atoms with Crippen LogP contribution in [-0.2, 0) is 0 Å². The van der Waals surface area contributed by atoms with E-state index in [2.05, 4.69) is 28.3 Å². The van der Waals surface area contributed by atoms with Crippen molar-refractivity contribution in [3.63, 3.8) is 0 Å². The van der Waals surface area contributed by atoms with E-state index >= 15 is 0 Å². The number of unbranched alkanes of at least 4 members (excludes halogenated alkanes) is 1. The molecule has 0 radical (unpaired) electrons. The van der Waals surface area contributed by atoms with Crippen LogP contribution in [-0.4, -0.2) is 40.9 Å². The maximum atomic E-state index is 12.5. The molecule has 2 rings (SSSR count). The highest BCUT2D eigenvalue weighted by atomic mass is 16.2. The Kier molecular flexibility index (Phi) is 7.22. The average Bonchev–Trinajstić information content (AvgIpc) is 2.59. The van der Waals surface area contributed by atoms with Crippen LogP contribution in [0, 0.1) is 6.92 Å². The van der Waals surface area contributed by atoms with E-state index in [1.165, 1.54) is 31.3 Å². The molecule has 132 valence electrons. The standard InChI is InChI=1S/C19H30N4O/c1-4-5-13-23(3)19(24)17-14-18(22-15(2)21-17)20-12-11-16-9-7-6-8-10-16/h9,14H,4-8,10-13H2,1-3H3,(H,20,21,22). The molecule has 1 aliphatic carbocycles. The molecule has 0 aliphatic heterocycles. The zero-order valence-corrected chi connectivity index (χ0v) is 15.3. The van der Waals surface area contributed by atoms with Crippen molar-refractivity contribution in [2.75, 3.05) is 25.5 Å². The molecule has 1 aromatic rings. The van der Waals surface area contributed by atoms with Crippen LogP contribution in [0.2, 0.25) is 0 Å². The molecule has 0 atom stereocenters. The van der Waals surface area contributed by atoms with Crippen molar-refractivity contribution in [3.05, 3.63) is 29.2 Å². The molecule has 5 nitrogen and oxygen atoms in total. The van der Waals surface area contributed by atoms with Crippen molar-refractivity contribution in [1.82, 2.24) is 14.9 Å². The van der Waals surface area contributed by atoms with Crippen molar-refractivity contribution in [2.45, 2.75) is 58.8 Å². The van der Waals surface area contributed by atoms with Gasteiger partial charge in [0.05, 0.1) is 0 Å². The van der Waals surface area contributed by atoms with Crippen molar-refractivity contribution in [2.24, 2.45) is 0 Å². The van der Waals surface area contributed by atoms with Gasteiger partial charge in [-0.1, -0.05) is 25.0 Å². The Morgan fingerprint density at radius 1 is 1.33 bits per heavy atom. The summed E-state index contributed by atoms with van der Waals surface area (Å²) in [6.07, 6.45) is 10.5. The number of nitrogens with one attached hydrogen (secondary N) is 1. The van der Waals surface area contributed by atoms with E-state index < -0.39 is 0 Å². The highest BCUT2D eigenvalue weighted by Gasteiger charge is 2.15. The van der Waals surface area contributed by atoms with Gasteiger partial charge in [0.1, 0.15) is 17.3 Å². The Bertz CT molecular complexity index is 583. The van der Waals surface area contributed by atoms with Gasteiger partial charge in [0.15, 0.2) is 0 Å². The second-order valence-corrected chi connectivity index (χ2v) is 6.55. The Hall–Kier alpha value is -1.91. The smallest absolute Gasteiger partial charge is 0.272 e. The molecule has 0 fully saturated rings. The largest absolute Gasteiger partial charge is 0.370 e. The molecule has 0 bridgehead atoms. The third kappa shape index (κ3) is 5.62. The molecular formula is C19H30N4O. The van der Waals surface area contributed by atoms with Gasteiger partial charge in [-0.25, -0.2) is 9.97 Å². The molecule has 0 unspecified atom stereocenters. The predicted molar refractivity (Wildman–Crippen MR) is 98.3 cm³/mol. The van der Waals surface area contributed by atoms with Gasteiger partial charge in [-0.2, -0.15) is 0 Å². The van der Waals surface area contributed by atoms with Crippen molar-refractivity contribution in [3.8, 4) is 0 Å². The Morgan fingerprint density at radius 2 is 2.17 bits per heavy atom. The van der Waals surface area contributed by atoms with Gasteiger partial charge in [-0.05, 0) is 45.4 Å².